The summed E-state index contributed by atoms with van der Waals surface area (Å²) in [6.45, 7) is 0.710. The van der Waals surface area contributed by atoms with Crippen LogP contribution in [0.3, 0.4) is 0 Å². The van der Waals surface area contributed by atoms with Crippen molar-refractivity contribution in [3.8, 4) is 0 Å². The summed E-state index contributed by atoms with van der Waals surface area (Å²) in [4.78, 5) is 4.37. The SMILES string of the molecule is COCc1cc(CN=C(N)NC2CCCCCC2)ccc1F.I. The van der Waals surface area contributed by atoms with E-state index in [0.29, 0.717) is 24.1 Å². The third kappa shape index (κ3) is 7.03. The van der Waals surface area contributed by atoms with Gasteiger partial charge in [-0.25, -0.2) is 9.38 Å². The summed E-state index contributed by atoms with van der Waals surface area (Å²) in [5.74, 6) is 0.226. The summed E-state index contributed by atoms with van der Waals surface area (Å²) in [5, 5.41) is 3.31. The van der Waals surface area contributed by atoms with Crippen LogP contribution in [-0.4, -0.2) is 19.1 Å². The van der Waals surface area contributed by atoms with Crippen molar-refractivity contribution in [1.29, 1.82) is 0 Å². The van der Waals surface area contributed by atoms with Gasteiger partial charge in [0.15, 0.2) is 5.96 Å². The molecule has 0 unspecified atom stereocenters. The van der Waals surface area contributed by atoms with Crippen LogP contribution in [0.2, 0.25) is 0 Å². The number of hydrogen-bond acceptors (Lipinski definition) is 2. The lowest BCUT2D eigenvalue weighted by molar-refractivity contribution is 0.181. The van der Waals surface area contributed by atoms with E-state index in [2.05, 4.69) is 10.3 Å². The molecule has 23 heavy (non-hydrogen) atoms. The van der Waals surface area contributed by atoms with E-state index >= 15 is 0 Å². The number of rotatable bonds is 5. The van der Waals surface area contributed by atoms with E-state index in [1.165, 1.54) is 31.7 Å². The van der Waals surface area contributed by atoms with Crippen LogP contribution in [0.15, 0.2) is 23.2 Å². The highest BCUT2D eigenvalue weighted by Crippen LogP contribution is 2.17. The number of nitrogens with zero attached hydrogens (tertiary/aromatic N) is 1. The Hall–Kier alpha value is -0.890. The largest absolute Gasteiger partial charge is 0.380 e. The Morgan fingerprint density at radius 1 is 1.30 bits per heavy atom. The standard InChI is InChI=1S/C17H26FN3O.HI/c1-22-12-14-10-13(8-9-16(14)18)11-20-17(19)21-15-6-4-2-3-5-7-15;/h8-10,15H,2-7,11-12H2,1H3,(H3,19,20,21);1H. The maximum absolute atomic E-state index is 13.6. The van der Waals surface area contributed by atoms with Gasteiger partial charge in [0.05, 0.1) is 13.2 Å². The average Bonchev–Trinajstić information content (AvgIpc) is 2.77. The number of nitrogens with two attached hydrogens (primary N) is 1. The topological polar surface area (TPSA) is 59.6 Å². The van der Waals surface area contributed by atoms with Crippen LogP contribution < -0.4 is 11.1 Å². The summed E-state index contributed by atoms with van der Waals surface area (Å²) in [6, 6.07) is 5.40. The normalized spacial score (nSPS) is 16.5. The molecular weight excluding hydrogens is 408 g/mol. The maximum atomic E-state index is 13.6. The van der Waals surface area contributed by atoms with Gasteiger partial charge in [0.25, 0.3) is 0 Å². The summed E-state index contributed by atoms with van der Waals surface area (Å²) in [7, 11) is 1.55. The Morgan fingerprint density at radius 3 is 2.65 bits per heavy atom. The number of ether oxygens (including phenoxy) is 1. The number of aliphatic imine (C=N–C) groups is 1. The average molecular weight is 435 g/mol. The Kier molecular flexibility index (Phi) is 9.47. The number of nitrogens with one attached hydrogen (secondary N) is 1. The molecule has 4 nitrogen and oxygen atoms in total. The molecule has 3 N–H and O–H groups in total. The van der Waals surface area contributed by atoms with Gasteiger partial charge in [0, 0.05) is 18.7 Å². The van der Waals surface area contributed by atoms with Crippen LogP contribution in [0, 0.1) is 5.82 Å². The van der Waals surface area contributed by atoms with Crippen molar-refractivity contribution in [2.45, 2.75) is 57.7 Å². The number of halogens is 2. The predicted octanol–water partition coefficient (Wildman–Crippen LogP) is 3.72. The Balaban J connectivity index is 0.00000264. The summed E-state index contributed by atoms with van der Waals surface area (Å²) < 4.78 is 18.5. The molecule has 0 amide bonds. The molecule has 0 bridgehead atoms. The smallest absolute Gasteiger partial charge is 0.189 e. The van der Waals surface area contributed by atoms with Gasteiger partial charge in [-0.15, -0.1) is 24.0 Å². The van der Waals surface area contributed by atoms with Crippen LogP contribution >= 0.6 is 24.0 Å². The van der Waals surface area contributed by atoms with Crippen molar-refractivity contribution >= 4 is 29.9 Å². The molecule has 1 aromatic carbocycles. The van der Waals surface area contributed by atoms with E-state index in [-0.39, 0.29) is 36.4 Å². The molecule has 0 saturated heterocycles. The molecule has 0 aromatic heterocycles. The molecule has 1 fully saturated rings. The first-order valence-corrected chi connectivity index (χ1v) is 8.01. The molecule has 1 aliphatic rings. The fraction of sp³-hybridized carbons (Fsp3) is 0.588. The van der Waals surface area contributed by atoms with E-state index in [1.807, 2.05) is 0 Å². The Labute approximate surface area is 155 Å². The van der Waals surface area contributed by atoms with Crippen molar-refractivity contribution in [1.82, 2.24) is 5.32 Å². The highest BCUT2D eigenvalue weighted by molar-refractivity contribution is 14.0. The number of guanidine groups is 1. The fourth-order valence-corrected chi connectivity index (χ4v) is 2.85. The van der Waals surface area contributed by atoms with Crippen LogP contribution in [0.1, 0.15) is 49.7 Å². The van der Waals surface area contributed by atoms with E-state index < -0.39 is 0 Å². The fourth-order valence-electron chi connectivity index (χ4n) is 2.85. The molecule has 1 saturated carbocycles. The third-order valence-electron chi connectivity index (χ3n) is 4.05. The number of benzene rings is 1. The first kappa shape index (κ1) is 20.2. The zero-order valence-electron chi connectivity index (χ0n) is 13.7. The first-order chi connectivity index (χ1) is 10.7. The zero-order valence-corrected chi connectivity index (χ0v) is 16.0. The summed E-state index contributed by atoms with van der Waals surface area (Å²) in [6.07, 6.45) is 7.45. The monoisotopic (exact) mass is 435 g/mol. The lowest BCUT2D eigenvalue weighted by Crippen LogP contribution is -2.39. The second-order valence-electron chi connectivity index (χ2n) is 5.89. The number of hydrogen-bond donors (Lipinski definition) is 2. The third-order valence-corrected chi connectivity index (χ3v) is 4.05. The molecule has 0 radical (unpaired) electrons. The molecule has 6 heteroatoms. The van der Waals surface area contributed by atoms with Gasteiger partial charge in [0.1, 0.15) is 5.82 Å². The lowest BCUT2D eigenvalue weighted by atomic mass is 10.1. The van der Waals surface area contributed by atoms with Gasteiger partial charge in [-0.05, 0) is 30.5 Å². The molecule has 0 spiro atoms. The summed E-state index contributed by atoms with van der Waals surface area (Å²) in [5.41, 5.74) is 7.45. The first-order valence-electron chi connectivity index (χ1n) is 8.01. The molecule has 0 aliphatic heterocycles. The Bertz CT molecular complexity index is 503. The van der Waals surface area contributed by atoms with E-state index in [1.54, 1.807) is 19.2 Å². The minimum atomic E-state index is -0.251. The van der Waals surface area contributed by atoms with Gasteiger partial charge in [0.2, 0.25) is 0 Å². The van der Waals surface area contributed by atoms with E-state index in [0.717, 1.165) is 18.4 Å². The van der Waals surface area contributed by atoms with Crippen LogP contribution in [-0.2, 0) is 17.9 Å². The van der Waals surface area contributed by atoms with Gasteiger partial charge in [-0.2, -0.15) is 0 Å². The second kappa shape index (κ2) is 10.8. The molecule has 1 aromatic rings. The highest BCUT2D eigenvalue weighted by Gasteiger charge is 2.12. The lowest BCUT2D eigenvalue weighted by Gasteiger charge is -2.16. The van der Waals surface area contributed by atoms with Gasteiger partial charge < -0.3 is 15.8 Å². The van der Waals surface area contributed by atoms with Crippen molar-refractivity contribution in [3.05, 3.63) is 35.1 Å². The van der Waals surface area contributed by atoms with Crippen molar-refractivity contribution in [2.24, 2.45) is 10.7 Å². The summed E-state index contributed by atoms with van der Waals surface area (Å²) >= 11 is 0. The van der Waals surface area contributed by atoms with Crippen LogP contribution in [0.5, 0.6) is 0 Å². The van der Waals surface area contributed by atoms with Crippen molar-refractivity contribution in [2.75, 3.05) is 7.11 Å². The molecular formula is C17H27FIN3O. The molecule has 0 heterocycles. The van der Waals surface area contributed by atoms with Gasteiger partial charge in [-0.3, -0.25) is 0 Å². The van der Waals surface area contributed by atoms with Crippen molar-refractivity contribution in [3.63, 3.8) is 0 Å². The van der Waals surface area contributed by atoms with E-state index in [4.69, 9.17) is 10.5 Å². The maximum Gasteiger partial charge on any atom is 0.189 e. The van der Waals surface area contributed by atoms with Crippen LogP contribution in [0.25, 0.3) is 0 Å². The molecule has 0 atom stereocenters. The number of methoxy groups -OCH3 is 1. The molecule has 2 rings (SSSR count). The van der Waals surface area contributed by atoms with Gasteiger partial charge >= 0.3 is 0 Å². The molecule has 130 valence electrons. The minimum absolute atomic E-state index is 0. The van der Waals surface area contributed by atoms with Crippen molar-refractivity contribution < 1.29 is 9.13 Å². The zero-order chi connectivity index (χ0) is 15.8. The van der Waals surface area contributed by atoms with Crippen LogP contribution in [0.4, 0.5) is 4.39 Å². The van der Waals surface area contributed by atoms with E-state index in [9.17, 15) is 4.39 Å². The Morgan fingerprint density at radius 2 is 2.00 bits per heavy atom. The second-order valence-corrected chi connectivity index (χ2v) is 5.89. The van der Waals surface area contributed by atoms with Gasteiger partial charge in [-0.1, -0.05) is 31.7 Å². The molecule has 1 aliphatic carbocycles. The minimum Gasteiger partial charge on any atom is -0.380 e. The predicted molar refractivity (Wildman–Crippen MR) is 102 cm³/mol. The highest BCUT2D eigenvalue weighted by atomic mass is 127. The quantitative estimate of drug-likeness (QED) is 0.321.